The SMILES string of the molecule is Cc1ccc([C@H]2Oc3c(c(C)cc(C)c3C(C)(C)C3c4c(C)cc(C)c(C(C)(C)C)c4OC(c4cc(C)c(C)c(C)c4)C3C)CC2C)cc1C. The third-order valence-electron chi connectivity index (χ3n) is 12.7. The fourth-order valence-electron chi connectivity index (χ4n) is 10.0. The molecule has 0 aromatic heterocycles. The van der Waals surface area contributed by atoms with Gasteiger partial charge in [-0.25, -0.2) is 0 Å². The van der Waals surface area contributed by atoms with Crippen molar-refractivity contribution in [3.63, 3.8) is 0 Å². The molecule has 2 heteroatoms. The van der Waals surface area contributed by atoms with Crippen molar-refractivity contribution in [2.24, 2.45) is 11.8 Å². The summed E-state index contributed by atoms with van der Waals surface area (Å²) in [5.41, 5.74) is 19.6. The number of benzene rings is 4. The monoisotopic (exact) mass is 670 g/mol. The van der Waals surface area contributed by atoms with Gasteiger partial charge in [0.1, 0.15) is 23.7 Å². The fraction of sp³-hybridized carbons (Fsp3) is 0.500. The van der Waals surface area contributed by atoms with E-state index in [0.29, 0.717) is 5.92 Å². The summed E-state index contributed by atoms with van der Waals surface area (Å²) >= 11 is 0. The van der Waals surface area contributed by atoms with Crippen LogP contribution in [-0.4, -0.2) is 0 Å². The normalized spacial score (nSPS) is 22.0. The molecular formula is C48H62O2. The van der Waals surface area contributed by atoms with Crippen LogP contribution in [0.1, 0.15) is 150 Å². The molecule has 50 heavy (non-hydrogen) atoms. The minimum Gasteiger partial charge on any atom is -0.485 e. The third kappa shape index (κ3) is 5.89. The lowest BCUT2D eigenvalue weighted by molar-refractivity contribution is 0.0732. The van der Waals surface area contributed by atoms with Crippen molar-refractivity contribution in [3.8, 4) is 11.5 Å². The average Bonchev–Trinajstić information content (AvgIpc) is 3.00. The zero-order valence-corrected chi connectivity index (χ0v) is 34.0. The Morgan fingerprint density at radius 2 is 1.10 bits per heavy atom. The summed E-state index contributed by atoms with van der Waals surface area (Å²) in [5, 5.41) is 0. The Labute approximate surface area is 304 Å². The molecule has 0 saturated heterocycles. The number of rotatable bonds is 4. The summed E-state index contributed by atoms with van der Waals surface area (Å²) in [5.74, 6) is 3.00. The van der Waals surface area contributed by atoms with Crippen molar-refractivity contribution in [1.29, 1.82) is 0 Å². The summed E-state index contributed by atoms with van der Waals surface area (Å²) in [7, 11) is 0. The molecule has 266 valence electrons. The van der Waals surface area contributed by atoms with Gasteiger partial charge in [-0.2, -0.15) is 0 Å². The summed E-state index contributed by atoms with van der Waals surface area (Å²) in [6, 6.07) is 16.5. The maximum Gasteiger partial charge on any atom is 0.128 e. The van der Waals surface area contributed by atoms with Crippen molar-refractivity contribution >= 4 is 0 Å². The van der Waals surface area contributed by atoms with E-state index in [1.54, 1.807) is 0 Å². The quantitative estimate of drug-likeness (QED) is 0.215. The van der Waals surface area contributed by atoms with Gasteiger partial charge >= 0.3 is 0 Å². The van der Waals surface area contributed by atoms with E-state index in [4.69, 9.17) is 9.47 Å². The van der Waals surface area contributed by atoms with Gasteiger partial charge in [-0.15, -0.1) is 0 Å². The summed E-state index contributed by atoms with van der Waals surface area (Å²) in [6.45, 7) is 37.1. The van der Waals surface area contributed by atoms with Gasteiger partial charge in [0.2, 0.25) is 0 Å². The first-order chi connectivity index (χ1) is 23.2. The van der Waals surface area contributed by atoms with E-state index in [-0.39, 0.29) is 34.9 Å². The van der Waals surface area contributed by atoms with Crippen LogP contribution in [0.5, 0.6) is 11.5 Å². The molecule has 4 aromatic carbocycles. The molecule has 6 rings (SSSR count). The molecule has 2 heterocycles. The van der Waals surface area contributed by atoms with Gasteiger partial charge in [0.15, 0.2) is 0 Å². The van der Waals surface area contributed by atoms with Crippen LogP contribution in [0.25, 0.3) is 0 Å². The van der Waals surface area contributed by atoms with E-state index < -0.39 is 0 Å². The molecule has 5 atom stereocenters. The zero-order chi connectivity index (χ0) is 36.8. The van der Waals surface area contributed by atoms with E-state index in [9.17, 15) is 0 Å². The van der Waals surface area contributed by atoms with Crippen LogP contribution in [0.3, 0.4) is 0 Å². The number of hydrogen-bond donors (Lipinski definition) is 0. The summed E-state index contributed by atoms with van der Waals surface area (Å²) in [4.78, 5) is 0. The maximum absolute atomic E-state index is 7.40. The van der Waals surface area contributed by atoms with Crippen molar-refractivity contribution < 1.29 is 9.47 Å². The Kier molecular flexibility index (Phi) is 9.15. The lowest BCUT2D eigenvalue weighted by Gasteiger charge is -2.49. The predicted octanol–water partition coefficient (Wildman–Crippen LogP) is 12.9. The van der Waals surface area contributed by atoms with E-state index >= 15 is 0 Å². The largest absolute Gasteiger partial charge is 0.485 e. The van der Waals surface area contributed by atoms with Crippen LogP contribution in [0.4, 0.5) is 0 Å². The Morgan fingerprint density at radius 3 is 1.70 bits per heavy atom. The first-order valence-electron chi connectivity index (χ1n) is 19.0. The van der Waals surface area contributed by atoms with Gasteiger partial charge in [0.25, 0.3) is 0 Å². The third-order valence-corrected chi connectivity index (χ3v) is 12.7. The Morgan fingerprint density at radius 1 is 0.540 bits per heavy atom. The molecule has 4 aromatic rings. The first-order valence-corrected chi connectivity index (χ1v) is 19.0. The molecule has 0 fully saturated rings. The molecule has 0 spiro atoms. The molecule has 0 aliphatic carbocycles. The lowest BCUT2D eigenvalue weighted by atomic mass is 9.59. The molecule has 2 aliphatic heterocycles. The minimum absolute atomic E-state index is 0.0140. The van der Waals surface area contributed by atoms with Crippen LogP contribution >= 0.6 is 0 Å². The van der Waals surface area contributed by atoms with Crippen LogP contribution < -0.4 is 9.47 Å². The van der Waals surface area contributed by atoms with Crippen LogP contribution in [0.15, 0.2) is 42.5 Å². The zero-order valence-electron chi connectivity index (χ0n) is 34.0. The molecule has 2 nitrogen and oxygen atoms in total. The van der Waals surface area contributed by atoms with Crippen molar-refractivity contribution in [2.45, 2.75) is 146 Å². The first kappa shape index (κ1) is 36.3. The molecule has 0 N–H and O–H groups in total. The van der Waals surface area contributed by atoms with E-state index in [0.717, 1.165) is 17.9 Å². The smallest absolute Gasteiger partial charge is 0.128 e. The van der Waals surface area contributed by atoms with Crippen molar-refractivity contribution in [1.82, 2.24) is 0 Å². The van der Waals surface area contributed by atoms with Gasteiger partial charge < -0.3 is 9.47 Å². The van der Waals surface area contributed by atoms with E-state index in [2.05, 4.69) is 153 Å². The number of aryl methyl sites for hydroxylation is 8. The van der Waals surface area contributed by atoms with Crippen molar-refractivity contribution in [3.05, 3.63) is 126 Å². The molecule has 4 unspecified atom stereocenters. The summed E-state index contributed by atoms with van der Waals surface area (Å²) in [6.07, 6.45) is 0.955. The highest BCUT2D eigenvalue weighted by molar-refractivity contribution is 5.61. The average molecular weight is 671 g/mol. The minimum atomic E-state index is -0.268. The topological polar surface area (TPSA) is 18.5 Å². The van der Waals surface area contributed by atoms with Gasteiger partial charge in [0.05, 0.1) is 0 Å². The standard InChI is InChI=1S/C48H62O2/c1-25-17-18-36(21-26(25)2)43-33(9)24-38-29(5)19-32(8)41(45(38)49-43)48(15,16)42-35(11)44(37-22-27(3)34(10)28(4)23-37)50-46-39(42)30(6)20-31(7)40(46)47(12,13)14/h17-23,33,35,42-44H,24H2,1-16H3/t33?,35?,42?,43-,44?/m0/s1. The van der Waals surface area contributed by atoms with Crippen LogP contribution in [0.2, 0.25) is 0 Å². The second-order valence-corrected chi connectivity index (χ2v) is 18.0. The molecular weight excluding hydrogens is 609 g/mol. The summed E-state index contributed by atoms with van der Waals surface area (Å²) < 4.78 is 14.8. The Balaban J connectivity index is 1.61. The van der Waals surface area contributed by atoms with Crippen LogP contribution in [-0.2, 0) is 17.3 Å². The molecule has 0 saturated carbocycles. The van der Waals surface area contributed by atoms with Crippen LogP contribution in [0, 0.1) is 74.1 Å². The maximum atomic E-state index is 7.40. The highest BCUT2D eigenvalue weighted by Crippen LogP contribution is 2.60. The van der Waals surface area contributed by atoms with Crippen molar-refractivity contribution in [2.75, 3.05) is 0 Å². The van der Waals surface area contributed by atoms with E-state index in [1.807, 2.05) is 0 Å². The number of hydrogen-bond acceptors (Lipinski definition) is 2. The molecule has 0 amide bonds. The Bertz CT molecular complexity index is 1960. The molecule has 2 aliphatic rings. The molecule has 0 radical (unpaired) electrons. The highest BCUT2D eigenvalue weighted by atomic mass is 16.5. The van der Waals surface area contributed by atoms with Gasteiger partial charge in [-0.1, -0.05) is 90.9 Å². The molecule has 0 bridgehead atoms. The van der Waals surface area contributed by atoms with Gasteiger partial charge in [0, 0.05) is 39.9 Å². The van der Waals surface area contributed by atoms with Gasteiger partial charge in [-0.3, -0.25) is 0 Å². The van der Waals surface area contributed by atoms with E-state index in [1.165, 1.54) is 83.5 Å². The second kappa shape index (κ2) is 12.6. The predicted molar refractivity (Wildman–Crippen MR) is 212 cm³/mol. The number of fused-ring (bicyclic) bond motifs is 2. The lowest BCUT2D eigenvalue weighted by Crippen LogP contribution is -2.41. The second-order valence-electron chi connectivity index (χ2n) is 18.0. The Hall–Kier alpha value is -3.52. The van der Waals surface area contributed by atoms with Gasteiger partial charge in [-0.05, 0) is 141 Å². The number of ether oxygens (including phenoxy) is 2. The fourth-order valence-corrected chi connectivity index (χ4v) is 10.0. The highest BCUT2D eigenvalue weighted by Gasteiger charge is 2.49.